The summed E-state index contributed by atoms with van der Waals surface area (Å²) in [6, 6.07) is 8.30. The van der Waals surface area contributed by atoms with Gasteiger partial charge in [0.25, 0.3) is 0 Å². The maximum Gasteiger partial charge on any atom is 0.190 e. The van der Waals surface area contributed by atoms with Gasteiger partial charge < -0.3 is 24.8 Å². The number of hydrogen-bond acceptors (Lipinski definition) is 4. The van der Waals surface area contributed by atoms with Crippen LogP contribution in [0.15, 0.2) is 29.3 Å². The zero-order valence-electron chi connectivity index (χ0n) is 17.4. The monoisotopic (exact) mass is 505 g/mol. The fraction of sp³-hybridized carbons (Fsp3) is 0.667. The standard InChI is InChI=1S/C21H35N3O3.HI/c1-17(19-5-7-20(25-3)8-6-19)9-12-24-21(22-2)23-11-4-13-26-15-18-10-14-27-16-18;/h5-8,17-18H,4,9-16H2,1-3H3,(H2,22,23,24);1H. The van der Waals surface area contributed by atoms with Gasteiger partial charge in [-0.1, -0.05) is 19.1 Å². The normalized spacial score (nSPS) is 17.7. The van der Waals surface area contributed by atoms with E-state index in [0.29, 0.717) is 11.8 Å². The first-order chi connectivity index (χ1) is 13.2. The molecule has 2 rings (SSSR count). The maximum absolute atomic E-state index is 5.72. The lowest BCUT2D eigenvalue weighted by Crippen LogP contribution is -2.38. The van der Waals surface area contributed by atoms with Crippen LogP contribution in [0.1, 0.15) is 37.7 Å². The van der Waals surface area contributed by atoms with E-state index in [1.165, 1.54) is 5.56 Å². The molecule has 0 aromatic heterocycles. The summed E-state index contributed by atoms with van der Waals surface area (Å²) in [5.41, 5.74) is 1.32. The number of ether oxygens (including phenoxy) is 3. The Morgan fingerprint density at radius 3 is 2.64 bits per heavy atom. The summed E-state index contributed by atoms with van der Waals surface area (Å²) < 4.78 is 16.3. The van der Waals surface area contributed by atoms with Crippen LogP contribution in [0.3, 0.4) is 0 Å². The van der Waals surface area contributed by atoms with Gasteiger partial charge in [0.05, 0.1) is 20.3 Å². The van der Waals surface area contributed by atoms with Gasteiger partial charge in [-0.25, -0.2) is 0 Å². The zero-order chi connectivity index (χ0) is 19.3. The molecule has 0 amide bonds. The Kier molecular flexibility index (Phi) is 13.3. The van der Waals surface area contributed by atoms with Gasteiger partial charge in [0.15, 0.2) is 5.96 Å². The Labute approximate surface area is 186 Å². The molecule has 0 saturated carbocycles. The van der Waals surface area contributed by atoms with Gasteiger partial charge in [-0.3, -0.25) is 4.99 Å². The van der Waals surface area contributed by atoms with Crippen molar-refractivity contribution in [2.45, 2.75) is 32.1 Å². The van der Waals surface area contributed by atoms with Crippen LogP contribution in [0.2, 0.25) is 0 Å². The van der Waals surface area contributed by atoms with Crippen molar-refractivity contribution >= 4 is 29.9 Å². The van der Waals surface area contributed by atoms with Crippen LogP contribution in [0.4, 0.5) is 0 Å². The van der Waals surface area contributed by atoms with Crippen molar-refractivity contribution in [3.05, 3.63) is 29.8 Å². The predicted octanol–water partition coefficient (Wildman–Crippen LogP) is 3.42. The van der Waals surface area contributed by atoms with Gasteiger partial charge in [-0.05, 0) is 42.9 Å². The molecule has 0 bridgehead atoms. The predicted molar refractivity (Wildman–Crippen MR) is 125 cm³/mol. The molecule has 1 heterocycles. The van der Waals surface area contributed by atoms with Gasteiger partial charge >= 0.3 is 0 Å². The summed E-state index contributed by atoms with van der Waals surface area (Å²) >= 11 is 0. The molecule has 7 heteroatoms. The molecule has 0 radical (unpaired) electrons. The van der Waals surface area contributed by atoms with Gasteiger partial charge in [0.1, 0.15) is 5.75 Å². The molecule has 6 nitrogen and oxygen atoms in total. The molecule has 1 aliphatic rings. The summed E-state index contributed by atoms with van der Waals surface area (Å²) in [7, 11) is 3.50. The molecule has 1 aromatic carbocycles. The second-order valence-corrected chi connectivity index (χ2v) is 7.05. The van der Waals surface area contributed by atoms with Crippen molar-refractivity contribution in [1.29, 1.82) is 0 Å². The first kappa shape index (κ1) is 25.0. The van der Waals surface area contributed by atoms with E-state index >= 15 is 0 Å². The highest BCUT2D eigenvalue weighted by Gasteiger charge is 2.15. The first-order valence-corrected chi connectivity index (χ1v) is 9.97. The Morgan fingerprint density at radius 2 is 2.00 bits per heavy atom. The fourth-order valence-corrected chi connectivity index (χ4v) is 3.07. The third-order valence-electron chi connectivity index (χ3n) is 4.91. The molecular weight excluding hydrogens is 469 g/mol. The minimum absolute atomic E-state index is 0. The molecule has 2 N–H and O–H groups in total. The Morgan fingerprint density at radius 1 is 1.25 bits per heavy atom. The topological polar surface area (TPSA) is 64.1 Å². The minimum Gasteiger partial charge on any atom is -0.497 e. The number of rotatable bonds is 11. The third kappa shape index (κ3) is 9.43. The molecule has 1 fully saturated rings. The molecule has 1 aromatic rings. The van der Waals surface area contributed by atoms with E-state index in [2.05, 4.69) is 34.7 Å². The first-order valence-electron chi connectivity index (χ1n) is 9.97. The number of nitrogens with zero attached hydrogens (tertiary/aromatic N) is 1. The second-order valence-electron chi connectivity index (χ2n) is 7.05. The lowest BCUT2D eigenvalue weighted by atomic mass is 9.98. The fourth-order valence-electron chi connectivity index (χ4n) is 3.07. The van der Waals surface area contributed by atoms with Gasteiger partial charge in [0.2, 0.25) is 0 Å². The largest absolute Gasteiger partial charge is 0.497 e. The Balaban J connectivity index is 0.00000392. The molecule has 1 aliphatic heterocycles. The number of nitrogens with one attached hydrogen (secondary N) is 2. The number of aliphatic imine (C=N–C) groups is 1. The highest BCUT2D eigenvalue weighted by Crippen LogP contribution is 2.21. The van der Waals surface area contributed by atoms with Crippen LogP contribution >= 0.6 is 24.0 Å². The van der Waals surface area contributed by atoms with E-state index < -0.39 is 0 Å². The van der Waals surface area contributed by atoms with E-state index in [0.717, 1.165) is 70.5 Å². The summed E-state index contributed by atoms with van der Waals surface area (Å²) in [5.74, 6) is 2.81. The quantitative estimate of drug-likeness (QED) is 0.209. The van der Waals surface area contributed by atoms with Crippen LogP contribution in [-0.4, -0.2) is 59.6 Å². The summed E-state index contributed by atoms with van der Waals surface area (Å²) in [4.78, 5) is 4.28. The van der Waals surface area contributed by atoms with E-state index in [-0.39, 0.29) is 24.0 Å². The lowest BCUT2D eigenvalue weighted by Gasteiger charge is -2.15. The molecule has 0 spiro atoms. The molecule has 0 aliphatic carbocycles. The number of guanidine groups is 1. The van der Waals surface area contributed by atoms with Crippen LogP contribution in [0, 0.1) is 5.92 Å². The summed E-state index contributed by atoms with van der Waals surface area (Å²) in [6.07, 6.45) is 3.14. The lowest BCUT2D eigenvalue weighted by molar-refractivity contribution is 0.0888. The maximum atomic E-state index is 5.72. The average molecular weight is 505 g/mol. The Bertz CT molecular complexity index is 548. The number of methoxy groups -OCH3 is 1. The van der Waals surface area contributed by atoms with Crippen LogP contribution in [-0.2, 0) is 9.47 Å². The highest BCUT2D eigenvalue weighted by molar-refractivity contribution is 14.0. The van der Waals surface area contributed by atoms with E-state index in [9.17, 15) is 0 Å². The van der Waals surface area contributed by atoms with E-state index in [4.69, 9.17) is 14.2 Å². The average Bonchev–Trinajstić information content (AvgIpc) is 3.22. The van der Waals surface area contributed by atoms with Crippen LogP contribution in [0.5, 0.6) is 5.75 Å². The molecule has 1 saturated heterocycles. The molecule has 2 unspecified atom stereocenters. The molecular formula is C21H36IN3O3. The third-order valence-corrected chi connectivity index (χ3v) is 4.91. The highest BCUT2D eigenvalue weighted by atomic mass is 127. The molecule has 160 valence electrons. The van der Waals surface area contributed by atoms with Crippen molar-refractivity contribution in [2.75, 3.05) is 53.7 Å². The van der Waals surface area contributed by atoms with E-state index in [1.807, 2.05) is 12.1 Å². The van der Waals surface area contributed by atoms with Crippen molar-refractivity contribution in [1.82, 2.24) is 10.6 Å². The van der Waals surface area contributed by atoms with Gasteiger partial charge in [-0.2, -0.15) is 0 Å². The minimum atomic E-state index is 0. The van der Waals surface area contributed by atoms with Crippen LogP contribution in [0.25, 0.3) is 0 Å². The Hall–Kier alpha value is -1.06. The number of hydrogen-bond donors (Lipinski definition) is 2. The molecule has 2 atom stereocenters. The van der Waals surface area contributed by atoms with Crippen LogP contribution < -0.4 is 15.4 Å². The number of halogens is 1. The second kappa shape index (κ2) is 14.9. The smallest absolute Gasteiger partial charge is 0.190 e. The van der Waals surface area contributed by atoms with E-state index in [1.54, 1.807) is 14.2 Å². The van der Waals surface area contributed by atoms with Crippen molar-refractivity contribution in [3.8, 4) is 5.75 Å². The summed E-state index contributed by atoms with van der Waals surface area (Å²) in [6.45, 7) is 7.30. The summed E-state index contributed by atoms with van der Waals surface area (Å²) in [5, 5.41) is 6.73. The number of benzene rings is 1. The van der Waals surface area contributed by atoms with Crippen molar-refractivity contribution < 1.29 is 14.2 Å². The van der Waals surface area contributed by atoms with Crippen molar-refractivity contribution in [3.63, 3.8) is 0 Å². The van der Waals surface area contributed by atoms with Gasteiger partial charge in [-0.15, -0.1) is 24.0 Å². The zero-order valence-corrected chi connectivity index (χ0v) is 19.7. The SMILES string of the molecule is CN=C(NCCCOCC1CCOC1)NCCC(C)c1ccc(OC)cc1.I. The van der Waals surface area contributed by atoms with Gasteiger partial charge in [0, 0.05) is 39.3 Å². The van der Waals surface area contributed by atoms with Crippen molar-refractivity contribution in [2.24, 2.45) is 10.9 Å². The molecule has 28 heavy (non-hydrogen) atoms.